The van der Waals surface area contributed by atoms with E-state index in [1.54, 1.807) is 18.2 Å². The van der Waals surface area contributed by atoms with E-state index < -0.39 is 11.8 Å². The number of benzene rings is 2. The Bertz CT molecular complexity index is 645. The maximum Gasteiger partial charge on any atom is 0.343 e. The molecule has 0 amide bonds. The Kier molecular flexibility index (Phi) is 4.15. The molecule has 4 heteroatoms. The van der Waals surface area contributed by atoms with E-state index in [1.165, 1.54) is 36.4 Å². The molecule has 3 nitrogen and oxygen atoms in total. The standard InChI is InChI=1S/C16H13FO3/c1-2-3-11-4-9-15(14(17)10-11)20-16(19)12-5-7-13(18)8-6-12/h2-10,18H,1H3/b3-2+. The van der Waals surface area contributed by atoms with Gasteiger partial charge < -0.3 is 9.84 Å². The molecule has 0 atom stereocenters. The molecule has 0 saturated heterocycles. The van der Waals surface area contributed by atoms with Gasteiger partial charge in [0.15, 0.2) is 11.6 Å². The van der Waals surface area contributed by atoms with Crippen molar-refractivity contribution in [2.24, 2.45) is 0 Å². The second-order valence-corrected chi connectivity index (χ2v) is 4.13. The van der Waals surface area contributed by atoms with Crippen molar-refractivity contribution in [2.75, 3.05) is 0 Å². The third-order valence-electron chi connectivity index (χ3n) is 2.62. The van der Waals surface area contributed by atoms with Crippen LogP contribution in [0.25, 0.3) is 6.08 Å². The summed E-state index contributed by atoms with van der Waals surface area (Å²) in [6.45, 7) is 1.83. The molecule has 0 radical (unpaired) electrons. The predicted molar refractivity (Wildman–Crippen MR) is 74.2 cm³/mol. The van der Waals surface area contributed by atoms with Gasteiger partial charge in [0.2, 0.25) is 0 Å². The van der Waals surface area contributed by atoms with Crippen LogP contribution in [0.3, 0.4) is 0 Å². The van der Waals surface area contributed by atoms with E-state index in [2.05, 4.69) is 0 Å². The number of aromatic hydroxyl groups is 1. The van der Waals surface area contributed by atoms with Crippen LogP contribution in [0.1, 0.15) is 22.8 Å². The summed E-state index contributed by atoms with van der Waals surface area (Å²) in [5, 5.41) is 9.13. The fourth-order valence-corrected chi connectivity index (χ4v) is 1.65. The van der Waals surface area contributed by atoms with Crippen molar-refractivity contribution < 1.29 is 19.0 Å². The minimum Gasteiger partial charge on any atom is -0.508 e. The van der Waals surface area contributed by atoms with E-state index in [1.807, 2.05) is 6.92 Å². The largest absolute Gasteiger partial charge is 0.508 e. The molecule has 0 heterocycles. The number of hydrogen-bond donors (Lipinski definition) is 1. The van der Waals surface area contributed by atoms with Crippen LogP contribution in [0.15, 0.2) is 48.5 Å². The van der Waals surface area contributed by atoms with Crippen molar-refractivity contribution in [3.8, 4) is 11.5 Å². The molecule has 0 spiro atoms. The van der Waals surface area contributed by atoms with Gasteiger partial charge in [0, 0.05) is 0 Å². The van der Waals surface area contributed by atoms with Crippen LogP contribution in [-0.4, -0.2) is 11.1 Å². The van der Waals surface area contributed by atoms with E-state index in [9.17, 15) is 9.18 Å². The third-order valence-corrected chi connectivity index (χ3v) is 2.62. The predicted octanol–water partition coefficient (Wildman–Crippen LogP) is 3.78. The molecule has 0 bridgehead atoms. The summed E-state index contributed by atoms with van der Waals surface area (Å²) in [6.07, 6.45) is 3.53. The summed E-state index contributed by atoms with van der Waals surface area (Å²) in [4.78, 5) is 11.8. The maximum atomic E-state index is 13.8. The fourth-order valence-electron chi connectivity index (χ4n) is 1.65. The van der Waals surface area contributed by atoms with Gasteiger partial charge in [-0.2, -0.15) is 0 Å². The van der Waals surface area contributed by atoms with Gasteiger partial charge in [-0.25, -0.2) is 9.18 Å². The van der Waals surface area contributed by atoms with Gasteiger partial charge in [0.25, 0.3) is 0 Å². The van der Waals surface area contributed by atoms with Crippen molar-refractivity contribution in [2.45, 2.75) is 6.92 Å². The van der Waals surface area contributed by atoms with Gasteiger partial charge in [-0.15, -0.1) is 0 Å². The van der Waals surface area contributed by atoms with Crippen LogP contribution >= 0.6 is 0 Å². The zero-order valence-corrected chi connectivity index (χ0v) is 10.8. The lowest BCUT2D eigenvalue weighted by Crippen LogP contribution is -2.09. The summed E-state index contributed by atoms with van der Waals surface area (Å²) in [6, 6.07) is 9.89. The molecule has 1 N–H and O–H groups in total. The highest BCUT2D eigenvalue weighted by Crippen LogP contribution is 2.21. The Hall–Kier alpha value is -2.62. The Morgan fingerprint density at radius 3 is 2.50 bits per heavy atom. The Morgan fingerprint density at radius 1 is 1.20 bits per heavy atom. The Morgan fingerprint density at radius 2 is 1.90 bits per heavy atom. The van der Waals surface area contributed by atoms with Gasteiger partial charge in [-0.3, -0.25) is 0 Å². The molecule has 102 valence electrons. The van der Waals surface area contributed by atoms with Crippen LogP contribution in [-0.2, 0) is 0 Å². The lowest BCUT2D eigenvalue weighted by Gasteiger charge is -2.06. The monoisotopic (exact) mass is 272 g/mol. The lowest BCUT2D eigenvalue weighted by molar-refractivity contribution is 0.0728. The number of hydrogen-bond acceptors (Lipinski definition) is 3. The average Bonchev–Trinajstić information content (AvgIpc) is 2.43. The zero-order chi connectivity index (χ0) is 14.5. The normalized spacial score (nSPS) is 10.7. The van der Waals surface area contributed by atoms with E-state index in [0.717, 1.165) is 0 Å². The second kappa shape index (κ2) is 6.02. The number of carbonyl (C=O) groups excluding carboxylic acids is 1. The van der Waals surface area contributed by atoms with E-state index in [0.29, 0.717) is 5.56 Å². The van der Waals surface area contributed by atoms with Crippen LogP contribution in [0, 0.1) is 5.82 Å². The fraction of sp³-hybridized carbons (Fsp3) is 0.0625. The molecule has 0 aliphatic carbocycles. The zero-order valence-electron chi connectivity index (χ0n) is 10.8. The lowest BCUT2D eigenvalue weighted by atomic mass is 10.2. The van der Waals surface area contributed by atoms with Crippen LogP contribution < -0.4 is 4.74 Å². The van der Waals surface area contributed by atoms with Gasteiger partial charge >= 0.3 is 5.97 Å². The molecule has 20 heavy (non-hydrogen) atoms. The van der Waals surface area contributed by atoms with Crippen molar-refractivity contribution in [1.82, 2.24) is 0 Å². The molecular formula is C16H13FO3. The molecule has 0 fully saturated rings. The van der Waals surface area contributed by atoms with Crippen LogP contribution in [0.2, 0.25) is 0 Å². The van der Waals surface area contributed by atoms with Gasteiger partial charge in [0.05, 0.1) is 5.56 Å². The summed E-state index contributed by atoms with van der Waals surface area (Å²) in [7, 11) is 0. The average molecular weight is 272 g/mol. The molecule has 0 aromatic heterocycles. The van der Waals surface area contributed by atoms with E-state index in [-0.39, 0.29) is 17.1 Å². The Balaban J connectivity index is 2.17. The molecule has 2 aromatic rings. The van der Waals surface area contributed by atoms with E-state index in [4.69, 9.17) is 9.84 Å². The molecule has 0 saturated carbocycles. The SMILES string of the molecule is C/C=C/c1ccc(OC(=O)c2ccc(O)cc2)c(F)c1. The maximum absolute atomic E-state index is 13.8. The number of allylic oxidation sites excluding steroid dienone is 1. The Labute approximate surface area is 115 Å². The summed E-state index contributed by atoms with van der Waals surface area (Å²) in [5.41, 5.74) is 0.925. The molecule has 2 rings (SSSR count). The molecule has 0 unspecified atom stereocenters. The number of phenols is 1. The molecule has 0 aliphatic rings. The third kappa shape index (κ3) is 3.23. The number of rotatable bonds is 3. The quantitative estimate of drug-likeness (QED) is 0.683. The topological polar surface area (TPSA) is 46.5 Å². The number of carbonyl (C=O) groups is 1. The summed E-state index contributed by atoms with van der Waals surface area (Å²) >= 11 is 0. The summed E-state index contributed by atoms with van der Waals surface area (Å²) < 4.78 is 18.7. The highest BCUT2D eigenvalue weighted by Gasteiger charge is 2.12. The number of ether oxygens (including phenoxy) is 1. The first-order valence-corrected chi connectivity index (χ1v) is 6.03. The van der Waals surface area contributed by atoms with Gasteiger partial charge in [0.1, 0.15) is 5.75 Å². The first-order valence-electron chi connectivity index (χ1n) is 6.03. The van der Waals surface area contributed by atoms with Crippen molar-refractivity contribution in [3.63, 3.8) is 0 Å². The van der Waals surface area contributed by atoms with Gasteiger partial charge in [-0.1, -0.05) is 18.2 Å². The van der Waals surface area contributed by atoms with Crippen LogP contribution in [0.4, 0.5) is 4.39 Å². The number of halogens is 1. The minimum atomic E-state index is -0.678. The highest BCUT2D eigenvalue weighted by atomic mass is 19.1. The summed E-state index contributed by atoms with van der Waals surface area (Å²) in [5.74, 6) is -1.37. The number of esters is 1. The first kappa shape index (κ1) is 13.8. The second-order valence-electron chi connectivity index (χ2n) is 4.13. The minimum absolute atomic E-state index is 0.0448. The smallest absolute Gasteiger partial charge is 0.343 e. The van der Waals surface area contributed by atoms with Crippen molar-refractivity contribution in [3.05, 3.63) is 65.5 Å². The molecular weight excluding hydrogens is 259 g/mol. The van der Waals surface area contributed by atoms with E-state index >= 15 is 0 Å². The first-order chi connectivity index (χ1) is 9.60. The van der Waals surface area contributed by atoms with Crippen LogP contribution in [0.5, 0.6) is 11.5 Å². The van der Waals surface area contributed by atoms with Crippen molar-refractivity contribution >= 4 is 12.0 Å². The molecule has 0 aliphatic heterocycles. The van der Waals surface area contributed by atoms with Gasteiger partial charge in [-0.05, 0) is 48.9 Å². The molecule has 2 aromatic carbocycles. The number of phenolic OH excluding ortho intramolecular Hbond substituents is 1. The highest BCUT2D eigenvalue weighted by molar-refractivity contribution is 5.91. The van der Waals surface area contributed by atoms with Crippen molar-refractivity contribution in [1.29, 1.82) is 0 Å².